The number of rotatable bonds is 9. The molecular formula is C43H68O13. The van der Waals surface area contributed by atoms with Crippen molar-refractivity contribution in [3.05, 3.63) is 11.6 Å². The van der Waals surface area contributed by atoms with Crippen LogP contribution in [0.3, 0.4) is 0 Å². The van der Waals surface area contributed by atoms with E-state index in [4.69, 9.17) is 28.4 Å². The Hall–Kier alpha value is -1.68. The molecule has 1 spiro atoms. The van der Waals surface area contributed by atoms with Gasteiger partial charge in [-0.15, -0.1) is 0 Å². The molecule has 7 aliphatic rings. The maximum Gasteiger partial charge on any atom is 0.313 e. The summed E-state index contributed by atoms with van der Waals surface area (Å²) in [5.41, 5.74) is -0.730. The zero-order chi connectivity index (χ0) is 40.9. The average molecular weight is 793 g/mol. The summed E-state index contributed by atoms with van der Waals surface area (Å²) in [6.07, 6.45) is -2.89. The molecular weight excluding hydrogens is 724 g/mol. The first-order chi connectivity index (χ1) is 26.1. The van der Waals surface area contributed by atoms with Crippen LogP contribution in [-0.2, 0) is 38.0 Å². The first kappa shape index (κ1) is 42.4. The fraction of sp³-hybridized carbons (Fsp3) is 0.907. The molecule has 13 heteroatoms. The van der Waals surface area contributed by atoms with Gasteiger partial charge in [-0.1, -0.05) is 53.2 Å². The van der Waals surface area contributed by atoms with Crippen molar-refractivity contribution >= 4 is 11.9 Å². The van der Waals surface area contributed by atoms with Gasteiger partial charge in [0.15, 0.2) is 12.6 Å². The number of hydrogen-bond donors (Lipinski definition) is 5. The van der Waals surface area contributed by atoms with Crippen LogP contribution in [0.15, 0.2) is 11.6 Å². The molecule has 56 heavy (non-hydrogen) atoms. The lowest BCUT2D eigenvalue weighted by atomic mass is 9.41. The Morgan fingerprint density at radius 3 is 2.29 bits per heavy atom. The fourth-order valence-electron chi connectivity index (χ4n) is 13.4. The van der Waals surface area contributed by atoms with E-state index in [2.05, 4.69) is 54.5 Å². The highest BCUT2D eigenvalue weighted by molar-refractivity contribution is 5.83. The van der Waals surface area contributed by atoms with Crippen LogP contribution in [0.5, 0.6) is 0 Å². The molecule has 18 atom stereocenters. The van der Waals surface area contributed by atoms with Gasteiger partial charge in [-0.25, -0.2) is 0 Å². The van der Waals surface area contributed by atoms with Gasteiger partial charge in [-0.05, 0) is 93.8 Å². The molecule has 7 rings (SSSR count). The van der Waals surface area contributed by atoms with Gasteiger partial charge in [-0.3, -0.25) is 9.59 Å². The van der Waals surface area contributed by atoms with Gasteiger partial charge >= 0.3 is 11.9 Å². The minimum absolute atomic E-state index is 0.0295. The van der Waals surface area contributed by atoms with Crippen molar-refractivity contribution in [2.45, 2.75) is 193 Å². The van der Waals surface area contributed by atoms with Crippen molar-refractivity contribution < 1.29 is 63.5 Å². The molecule has 318 valence electrons. The number of esters is 2. The van der Waals surface area contributed by atoms with E-state index >= 15 is 0 Å². The third-order valence-corrected chi connectivity index (χ3v) is 16.1. The topological polar surface area (TPSA) is 191 Å². The van der Waals surface area contributed by atoms with Crippen LogP contribution >= 0.6 is 0 Å². The quantitative estimate of drug-likeness (QED) is 0.167. The smallest absolute Gasteiger partial charge is 0.313 e. The SMILES string of the molecule is CC(=O)O[C@@H](CC(C)C)C[C@]1(C)OC(=O)[C@]23CC[C@H]4C(=CC[C@H]5C(C)(C)[C@@H](O[C@@H]6OC[C@@H](O)[C@H](O)[C@H]6O[C@@H]6O[C@H](C)[C@@H](O)[C@H](O)[C@H]6O)CC[C@]45C)[C@]2(C)CC[C@@H]31. The number of aliphatic hydroxyl groups is 5. The number of carbonyl (C=O) groups excluding carboxylic acids is 2. The van der Waals surface area contributed by atoms with E-state index in [9.17, 15) is 35.1 Å². The third kappa shape index (κ3) is 6.53. The van der Waals surface area contributed by atoms with Gasteiger partial charge in [0.2, 0.25) is 0 Å². The number of ether oxygens (including phenoxy) is 6. The minimum Gasteiger partial charge on any atom is -0.462 e. The first-order valence-electron chi connectivity index (χ1n) is 21.2. The summed E-state index contributed by atoms with van der Waals surface area (Å²) in [5.74, 6) is 0.448. The summed E-state index contributed by atoms with van der Waals surface area (Å²) >= 11 is 0. The second-order valence-corrected chi connectivity index (χ2v) is 20.2. The van der Waals surface area contributed by atoms with Crippen molar-refractivity contribution in [2.75, 3.05) is 6.61 Å². The Labute approximate surface area is 331 Å². The second kappa shape index (κ2) is 14.8. The van der Waals surface area contributed by atoms with Crippen LogP contribution in [0.25, 0.3) is 0 Å². The standard InChI is InChI=1S/C43H68O13/c1-21(2)18-24(53-23(4)44)19-42(9)29-13-16-41(8)26-10-11-28-39(5,6)30(14-15-40(28,7)25(26)12-17-43(29,41)38(50)56-42)54-37-35(32(47)27(45)20-51-37)55-36-34(49)33(48)31(46)22(3)52-36/h10,21-22,24-25,27-37,45-49H,11-20H2,1-9H3/t22-,24+,25+,27-,28+,29-,30+,31-,32+,33+,34-,35-,36+,37+,40-,41+,42+,43-/m1/s1. The monoisotopic (exact) mass is 792 g/mol. The minimum atomic E-state index is -1.60. The van der Waals surface area contributed by atoms with Gasteiger partial charge in [0.25, 0.3) is 0 Å². The second-order valence-electron chi connectivity index (χ2n) is 20.2. The third-order valence-electron chi connectivity index (χ3n) is 16.1. The van der Waals surface area contributed by atoms with Gasteiger partial charge in [-0.2, -0.15) is 0 Å². The van der Waals surface area contributed by atoms with Crippen LogP contribution in [0.2, 0.25) is 0 Å². The summed E-state index contributed by atoms with van der Waals surface area (Å²) in [6, 6.07) is 0. The van der Waals surface area contributed by atoms with Crippen LogP contribution in [0.1, 0.15) is 120 Å². The van der Waals surface area contributed by atoms with Gasteiger partial charge in [0.1, 0.15) is 48.3 Å². The largest absolute Gasteiger partial charge is 0.462 e. The van der Waals surface area contributed by atoms with Crippen molar-refractivity contribution in [2.24, 2.45) is 45.3 Å². The summed E-state index contributed by atoms with van der Waals surface area (Å²) in [5, 5.41) is 52.9. The van der Waals surface area contributed by atoms with E-state index < -0.39 is 66.3 Å². The molecule has 0 aromatic rings. The maximum atomic E-state index is 14.4. The molecule has 13 nitrogen and oxygen atoms in total. The van der Waals surface area contributed by atoms with Crippen LogP contribution < -0.4 is 0 Å². The Bertz CT molecular complexity index is 1530. The predicted molar refractivity (Wildman–Crippen MR) is 201 cm³/mol. The van der Waals surface area contributed by atoms with Crippen LogP contribution in [-0.4, -0.2) is 117 Å². The molecule has 0 aromatic heterocycles. The molecule has 0 aromatic carbocycles. The molecule has 0 unspecified atom stereocenters. The number of fused-ring (bicyclic) bond motifs is 4. The first-order valence-corrected chi connectivity index (χ1v) is 21.2. The van der Waals surface area contributed by atoms with Crippen molar-refractivity contribution in [1.82, 2.24) is 0 Å². The van der Waals surface area contributed by atoms with Gasteiger partial charge in [0, 0.05) is 24.7 Å². The summed E-state index contributed by atoms with van der Waals surface area (Å²) in [7, 11) is 0. The maximum absolute atomic E-state index is 14.4. The molecule has 3 saturated carbocycles. The summed E-state index contributed by atoms with van der Waals surface area (Å²) in [4.78, 5) is 26.5. The molecule has 0 radical (unpaired) electrons. The molecule has 4 aliphatic carbocycles. The zero-order valence-electron chi connectivity index (χ0n) is 34.8. The van der Waals surface area contributed by atoms with E-state index in [0.29, 0.717) is 25.2 Å². The molecule has 5 N–H and O–H groups in total. The molecule has 3 heterocycles. The van der Waals surface area contributed by atoms with E-state index in [1.807, 2.05) is 0 Å². The highest BCUT2D eigenvalue weighted by Gasteiger charge is 2.76. The molecule has 0 amide bonds. The Balaban J connectivity index is 1.11. The number of allylic oxidation sites excluding steroid dienone is 2. The average Bonchev–Trinajstić information content (AvgIpc) is 3.55. The fourth-order valence-corrected chi connectivity index (χ4v) is 13.4. The summed E-state index contributed by atoms with van der Waals surface area (Å²) in [6.45, 7) is 18.3. The summed E-state index contributed by atoms with van der Waals surface area (Å²) < 4.78 is 36.7. The number of cyclic esters (lactones) is 1. The number of hydrogen-bond acceptors (Lipinski definition) is 13. The molecule has 3 aliphatic heterocycles. The highest BCUT2D eigenvalue weighted by atomic mass is 16.8. The van der Waals surface area contributed by atoms with E-state index in [-0.39, 0.29) is 64.8 Å². The number of carbonyl (C=O) groups is 2. The van der Waals surface area contributed by atoms with Crippen LogP contribution in [0, 0.1) is 45.3 Å². The van der Waals surface area contributed by atoms with Crippen molar-refractivity contribution in [1.29, 1.82) is 0 Å². The Morgan fingerprint density at radius 1 is 0.893 bits per heavy atom. The van der Waals surface area contributed by atoms with E-state index in [0.717, 1.165) is 38.5 Å². The van der Waals surface area contributed by atoms with Gasteiger partial charge < -0.3 is 54.0 Å². The normalized spacial score (nSPS) is 50.2. The lowest BCUT2D eigenvalue weighted by Crippen LogP contribution is -2.63. The lowest BCUT2D eigenvalue weighted by molar-refractivity contribution is -0.363. The van der Waals surface area contributed by atoms with Gasteiger partial charge in [0.05, 0.1) is 24.2 Å². The molecule has 3 saturated heterocycles. The van der Waals surface area contributed by atoms with Crippen molar-refractivity contribution in [3.8, 4) is 0 Å². The number of aliphatic hydroxyl groups excluding tert-OH is 5. The Kier molecular flexibility index (Phi) is 11.2. The Morgan fingerprint density at radius 2 is 1.61 bits per heavy atom. The molecule has 0 bridgehead atoms. The van der Waals surface area contributed by atoms with E-state index in [1.54, 1.807) is 6.92 Å². The van der Waals surface area contributed by atoms with Crippen LogP contribution in [0.4, 0.5) is 0 Å². The predicted octanol–water partition coefficient (Wildman–Crippen LogP) is 3.93. The highest BCUT2D eigenvalue weighted by Crippen LogP contribution is 2.76. The van der Waals surface area contributed by atoms with Crippen molar-refractivity contribution in [3.63, 3.8) is 0 Å². The van der Waals surface area contributed by atoms with E-state index in [1.165, 1.54) is 12.5 Å². The zero-order valence-corrected chi connectivity index (χ0v) is 34.8. The molecule has 6 fully saturated rings. The lowest BCUT2D eigenvalue weighted by Gasteiger charge is -2.64.